The maximum atomic E-state index is 4.74. The molecule has 3 nitrogen and oxygen atoms in total. The van der Waals surface area contributed by atoms with Gasteiger partial charge in [0, 0.05) is 0 Å². The topological polar surface area (TPSA) is 47.0 Å². The molecule has 0 aromatic rings. The van der Waals surface area contributed by atoms with E-state index in [0.717, 1.165) is 0 Å². The average Bonchev–Trinajstić information content (AvgIpc) is 1.30. The first kappa shape index (κ1) is 1.55. The second kappa shape index (κ2) is 0.145. The Balaban J connectivity index is 2.58. The van der Waals surface area contributed by atoms with Crippen LogP contribution in [-0.2, 0) is 9.47 Å². The van der Waals surface area contributed by atoms with E-state index in [-0.39, 0.29) is 11.8 Å². The van der Waals surface area contributed by atoms with Crippen molar-refractivity contribution in [2.75, 3.05) is 0 Å². The molecular formula is C2HNO2. The van der Waals surface area contributed by atoms with E-state index in [2.05, 4.69) is 5.32 Å². The van der Waals surface area contributed by atoms with Gasteiger partial charge in [0.15, 0.2) is 0 Å². The van der Waals surface area contributed by atoms with Crippen molar-refractivity contribution in [1.29, 1.82) is 0 Å². The normalized spacial score (nSPS) is 91.2. The molecule has 0 atom stereocenters. The molecule has 3 rings (SSSR count). The fourth-order valence-electron chi connectivity index (χ4n) is 0.556. The molecular weight excluding hydrogens is 70.0 g/mol. The third-order valence-electron chi connectivity index (χ3n) is 1.19. The second-order valence-electron chi connectivity index (χ2n) is 1.56. The van der Waals surface area contributed by atoms with Crippen molar-refractivity contribution in [3.05, 3.63) is 0 Å². The van der Waals surface area contributed by atoms with Gasteiger partial charge in [-0.15, -0.1) is 0 Å². The van der Waals surface area contributed by atoms with Crippen LogP contribution in [-0.4, -0.2) is 11.8 Å². The molecule has 0 radical (unpaired) electrons. The monoisotopic (exact) mass is 71.0 g/mol. The van der Waals surface area contributed by atoms with Crippen LogP contribution in [0.5, 0.6) is 0 Å². The summed E-state index contributed by atoms with van der Waals surface area (Å²) in [6, 6.07) is 0. The minimum absolute atomic E-state index is 0.188. The molecule has 3 aliphatic rings. The summed E-state index contributed by atoms with van der Waals surface area (Å²) in [6.45, 7) is 0. The number of hydrogen-bond donors (Lipinski definition) is 1. The van der Waals surface area contributed by atoms with Crippen LogP contribution in [0.4, 0.5) is 0 Å². The highest BCUT2D eigenvalue weighted by atomic mass is 17.1. The number of nitrogens with one attached hydrogen (secondary N) is 1. The Labute approximate surface area is 27.9 Å². The zero-order chi connectivity index (χ0) is 3.12. The predicted molar refractivity (Wildman–Crippen MR) is 10.8 cm³/mol. The van der Waals surface area contributed by atoms with Gasteiger partial charge in [0.05, 0.1) is 0 Å². The van der Waals surface area contributed by atoms with Crippen molar-refractivity contribution >= 4 is 0 Å². The highest BCUT2D eigenvalue weighted by molar-refractivity contribution is 5.31. The molecule has 0 bridgehead atoms. The fraction of sp³-hybridized carbons (Fsp3) is 1.00. The van der Waals surface area contributed by atoms with Crippen LogP contribution in [0.15, 0.2) is 0 Å². The Morgan fingerprint density at radius 1 is 1.20 bits per heavy atom. The van der Waals surface area contributed by atoms with E-state index in [1.807, 2.05) is 0 Å². The zero-order valence-electron chi connectivity index (χ0n) is 2.32. The SMILES string of the molecule is N1C23OC12O3. The van der Waals surface area contributed by atoms with Crippen LogP contribution in [0.3, 0.4) is 0 Å². The molecule has 0 unspecified atom stereocenters. The molecule has 3 fully saturated rings. The maximum Gasteiger partial charge on any atom is 0.312 e. The summed E-state index contributed by atoms with van der Waals surface area (Å²) in [5.74, 6) is -0.375. The van der Waals surface area contributed by atoms with Gasteiger partial charge in [-0.25, -0.2) is 5.32 Å². The van der Waals surface area contributed by atoms with Crippen LogP contribution in [0.25, 0.3) is 0 Å². The predicted octanol–water partition coefficient (Wildman–Crippen LogP) is -1.04. The van der Waals surface area contributed by atoms with E-state index in [9.17, 15) is 0 Å². The van der Waals surface area contributed by atoms with Crippen molar-refractivity contribution in [2.24, 2.45) is 0 Å². The van der Waals surface area contributed by atoms with Crippen molar-refractivity contribution in [2.45, 2.75) is 11.8 Å². The highest BCUT2D eigenvalue weighted by Gasteiger charge is 3.10. The lowest BCUT2D eigenvalue weighted by Crippen LogP contribution is -2.28. The van der Waals surface area contributed by atoms with Gasteiger partial charge in [0.25, 0.3) is 0 Å². The Kier molecular flexibility index (Phi) is 0.0451. The van der Waals surface area contributed by atoms with Crippen LogP contribution in [0.2, 0.25) is 0 Å². The summed E-state index contributed by atoms with van der Waals surface area (Å²) in [4.78, 5) is 0. The van der Waals surface area contributed by atoms with Gasteiger partial charge in [-0.05, 0) is 0 Å². The minimum atomic E-state index is -0.188. The van der Waals surface area contributed by atoms with Gasteiger partial charge in [-0.1, -0.05) is 0 Å². The van der Waals surface area contributed by atoms with Crippen molar-refractivity contribution in [1.82, 2.24) is 5.32 Å². The summed E-state index contributed by atoms with van der Waals surface area (Å²) in [7, 11) is 0. The molecule has 0 saturated carbocycles. The summed E-state index contributed by atoms with van der Waals surface area (Å²) in [5, 5.41) is 2.90. The molecule has 3 heteroatoms. The Bertz CT molecular complexity index is 89.0. The second-order valence-corrected chi connectivity index (χ2v) is 1.56. The average molecular weight is 71.0 g/mol. The number of hydrogen-bond acceptors (Lipinski definition) is 3. The largest absolute Gasteiger partial charge is 0.312 e. The molecule has 1 N–H and O–H groups in total. The van der Waals surface area contributed by atoms with Gasteiger partial charge in [-0.3, -0.25) is 9.47 Å². The van der Waals surface area contributed by atoms with Gasteiger partial charge in [0.1, 0.15) is 0 Å². The lowest BCUT2D eigenvalue weighted by atomic mass is 11.0. The van der Waals surface area contributed by atoms with Crippen LogP contribution < -0.4 is 5.32 Å². The van der Waals surface area contributed by atoms with Gasteiger partial charge >= 0.3 is 11.8 Å². The summed E-state index contributed by atoms with van der Waals surface area (Å²) >= 11 is 0. The Morgan fingerprint density at radius 3 is 1.40 bits per heavy atom. The first-order valence-corrected chi connectivity index (χ1v) is 1.57. The third kappa shape index (κ3) is 0.0315. The van der Waals surface area contributed by atoms with E-state index in [1.165, 1.54) is 0 Å². The van der Waals surface area contributed by atoms with E-state index in [0.29, 0.717) is 0 Å². The minimum Gasteiger partial charge on any atom is -0.279 e. The van der Waals surface area contributed by atoms with Crippen molar-refractivity contribution in [3.8, 4) is 0 Å². The number of epoxide rings is 2. The summed E-state index contributed by atoms with van der Waals surface area (Å²) < 4.78 is 9.47. The fourth-order valence-corrected chi connectivity index (χ4v) is 0.556. The van der Waals surface area contributed by atoms with E-state index in [1.54, 1.807) is 0 Å². The maximum absolute atomic E-state index is 4.74. The molecule has 0 amide bonds. The zero-order valence-corrected chi connectivity index (χ0v) is 2.32. The van der Waals surface area contributed by atoms with E-state index < -0.39 is 0 Å². The van der Waals surface area contributed by atoms with Crippen LogP contribution >= 0.6 is 0 Å². The smallest absolute Gasteiger partial charge is 0.279 e. The Hall–Kier alpha value is -0.120. The molecule has 0 spiro atoms. The molecule has 0 aromatic carbocycles. The first-order chi connectivity index (χ1) is 2.37. The quantitative estimate of drug-likeness (QED) is 0.371. The lowest BCUT2D eigenvalue weighted by molar-refractivity contribution is -0.205. The standard InChI is InChI=1S/C2HNO2/c3-1-2(3,4-1)5-1/h3H. The molecule has 0 aromatic heterocycles. The van der Waals surface area contributed by atoms with Crippen LogP contribution in [0.1, 0.15) is 0 Å². The molecule has 3 saturated heterocycles. The van der Waals surface area contributed by atoms with Crippen LogP contribution in [0, 0.1) is 0 Å². The van der Waals surface area contributed by atoms with Gasteiger partial charge in [-0.2, -0.15) is 0 Å². The summed E-state index contributed by atoms with van der Waals surface area (Å²) in [6.07, 6.45) is 0. The third-order valence-corrected chi connectivity index (χ3v) is 1.19. The first-order valence-electron chi connectivity index (χ1n) is 1.57. The Morgan fingerprint density at radius 2 is 1.40 bits per heavy atom. The summed E-state index contributed by atoms with van der Waals surface area (Å²) in [5.41, 5.74) is 0. The lowest BCUT2D eigenvalue weighted by Gasteiger charge is -2.04. The molecule has 0 aliphatic carbocycles. The van der Waals surface area contributed by atoms with Gasteiger partial charge < -0.3 is 0 Å². The number of rotatable bonds is 0. The molecule has 3 heterocycles. The van der Waals surface area contributed by atoms with Gasteiger partial charge in [0.2, 0.25) is 0 Å². The van der Waals surface area contributed by atoms with Crippen molar-refractivity contribution in [3.63, 3.8) is 0 Å². The van der Waals surface area contributed by atoms with E-state index in [4.69, 9.17) is 9.47 Å². The van der Waals surface area contributed by atoms with E-state index >= 15 is 0 Å². The number of ether oxygens (including phenoxy) is 2. The molecule has 5 heavy (non-hydrogen) atoms. The molecule has 3 aliphatic heterocycles. The molecule has 26 valence electrons. The van der Waals surface area contributed by atoms with Crippen molar-refractivity contribution < 1.29 is 9.47 Å². The highest BCUT2D eigenvalue weighted by Crippen LogP contribution is 2.78.